The van der Waals surface area contributed by atoms with Crippen molar-refractivity contribution in [1.82, 2.24) is 9.88 Å². The maximum Gasteiger partial charge on any atom is 0.251 e. The van der Waals surface area contributed by atoms with E-state index in [-0.39, 0.29) is 35.7 Å². The number of nitrogens with two attached hydrogens (primary N) is 1. The van der Waals surface area contributed by atoms with Gasteiger partial charge in [-0.15, -0.1) is 0 Å². The Hall–Kier alpha value is -3.00. The van der Waals surface area contributed by atoms with Crippen molar-refractivity contribution in [3.8, 4) is 0 Å². The van der Waals surface area contributed by atoms with Crippen LogP contribution in [0.25, 0.3) is 0 Å². The third kappa shape index (κ3) is 5.16. The van der Waals surface area contributed by atoms with Crippen molar-refractivity contribution >= 4 is 17.5 Å². The molecule has 1 saturated carbocycles. The van der Waals surface area contributed by atoms with Crippen LogP contribution >= 0.6 is 0 Å². The van der Waals surface area contributed by atoms with E-state index in [0.29, 0.717) is 18.7 Å². The molecule has 8 heteroatoms. The molecular weight excluding hydrogens is 423 g/mol. The van der Waals surface area contributed by atoms with Crippen molar-refractivity contribution < 1.29 is 14.0 Å². The van der Waals surface area contributed by atoms with E-state index < -0.39 is 12.1 Å². The number of fused-ring (bicyclic) bond motifs is 1. The molecule has 0 bridgehead atoms. The molecule has 33 heavy (non-hydrogen) atoms. The zero-order chi connectivity index (χ0) is 23.5. The second-order valence-corrected chi connectivity index (χ2v) is 9.19. The predicted molar refractivity (Wildman–Crippen MR) is 124 cm³/mol. The van der Waals surface area contributed by atoms with Gasteiger partial charge in [-0.25, -0.2) is 4.39 Å². The molecule has 2 aromatic rings. The number of pyridine rings is 1. The first-order chi connectivity index (χ1) is 15.8. The van der Waals surface area contributed by atoms with Crippen LogP contribution < -0.4 is 21.5 Å². The molecule has 1 aromatic carbocycles. The van der Waals surface area contributed by atoms with Crippen molar-refractivity contribution in [2.24, 2.45) is 11.7 Å². The summed E-state index contributed by atoms with van der Waals surface area (Å²) in [5.41, 5.74) is 7.91. The summed E-state index contributed by atoms with van der Waals surface area (Å²) in [6.45, 7) is 2.35. The summed E-state index contributed by atoms with van der Waals surface area (Å²) in [5, 5.41) is 2.91. The van der Waals surface area contributed by atoms with Crippen LogP contribution in [-0.2, 0) is 22.6 Å². The SMILES string of the molecule is C[C@H](N)C(=O)N[C@H](C(=O)N1CCc2cc(=O)n(Cc3ccc(F)cc3)cc21)C1CCCCC1. The number of aromatic nitrogens is 1. The van der Waals surface area contributed by atoms with Gasteiger partial charge in [0.15, 0.2) is 0 Å². The second kappa shape index (κ2) is 9.87. The van der Waals surface area contributed by atoms with Gasteiger partial charge in [-0.3, -0.25) is 14.4 Å². The van der Waals surface area contributed by atoms with Gasteiger partial charge in [-0.1, -0.05) is 31.4 Å². The third-order valence-corrected chi connectivity index (χ3v) is 6.71. The zero-order valence-electron chi connectivity index (χ0n) is 18.9. The monoisotopic (exact) mass is 454 g/mol. The number of nitrogens with zero attached hydrogens (tertiary/aromatic N) is 2. The average molecular weight is 455 g/mol. The van der Waals surface area contributed by atoms with Gasteiger partial charge in [0.25, 0.3) is 5.56 Å². The molecule has 2 aliphatic rings. The molecular formula is C25H31FN4O3. The molecule has 2 amide bonds. The van der Waals surface area contributed by atoms with Crippen LogP contribution in [0.4, 0.5) is 10.1 Å². The Labute approximate surface area is 192 Å². The number of carbonyl (C=O) groups is 2. The summed E-state index contributed by atoms with van der Waals surface area (Å²) in [7, 11) is 0. The maximum atomic E-state index is 13.7. The van der Waals surface area contributed by atoms with Gasteiger partial charge in [0.1, 0.15) is 11.9 Å². The van der Waals surface area contributed by atoms with E-state index in [2.05, 4.69) is 5.32 Å². The Morgan fingerprint density at radius 1 is 1.18 bits per heavy atom. The summed E-state index contributed by atoms with van der Waals surface area (Å²) in [6, 6.07) is 6.24. The summed E-state index contributed by atoms with van der Waals surface area (Å²) < 4.78 is 14.8. The fourth-order valence-electron chi connectivity index (χ4n) is 4.84. The van der Waals surface area contributed by atoms with Crippen LogP contribution in [-0.4, -0.2) is 35.0 Å². The summed E-state index contributed by atoms with van der Waals surface area (Å²) in [5.74, 6) is -0.746. The fourth-order valence-corrected chi connectivity index (χ4v) is 4.84. The molecule has 4 rings (SSSR count). The van der Waals surface area contributed by atoms with Gasteiger partial charge in [-0.2, -0.15) is 0 Å². The molecule has 0 saturated heterocycles. The quantitative estimate of drug-likeness (QED) is 0.700. The van der Waals surface area contributed by atoms with E-state index in [4.69, 9.17) is 5.73 Å². The first-order valence-corrected chi connectivity index (χ1v) is 11.7. The predicted octanol–water partition coefficient (Wildman–Crippen LogP) is 2.34. The fraction of sp³-hybridized carbons (Fsp3) is 0.480. The van der Waals surface area contributed by atoms with Crippen LogP contribution in [0, 0.1) is 11.7 Å². The van der Waals surface area contributed by atoms with Gasteiger partial charge >= 0.3 is 0 Å². The first-order valence-electron chi connectivity index (χ1n) is 11.7. The van der Waals surface area contributed by atoms with Crippen LogP contribution in [0.3, 0.4) is 0 Å². The average Bonchev–Trinajstić information content (AvgIpc) is 3.21. The summed E-state index contributed by atoms with van der Waals surface area (Å²) in [6.07, 6.45) is 7.29. The van der Waals surface area contributed by atoms with Gasteiger partial charge in [0.05, 0.1) is 18.3 Å². The molecule has 0 radical (unpaired) electrons. The highest BCUT2D eigenvalue weighted by Gasteiger charge is 2.37. The molecule has 1 aromatic heterocycles. The van der Waals surface area contributed by atoms with E-state index in [1.807, 2.05) is 0 Å². The Morgan fingerprint density at radius 3 is 2.55 bits per heavy atom. The molecule has 1 aliphatic heterocycles. The zero-order valence-corrected chi connectivity index (χ0v) is 18.9. The molecule has 0 unspecified atom stereocenters. The summed E-state index contributed by atoms with van der Waals surface area (Å²) >= 11 is 0. The van der Waals surface area contributed by atoms with Crippen molar-refractivity contribution in [3.63, 3.8) is 0 Å². The number of amides is 2. The number of carbonyl (C=O) groups excluding carboxylic acids is 2. The number of rotatable bonds is 6. The minimum atomic E-state index is -0.698. The smallest absolute Gasteiger partial charge is 0.251 e. The lowest BCUT2D eigenvalue weighted by Gasteiger charge is -2.33. The molecule has 2 atom stereocenters. The minimum absolute atomic E-state index is 0.0723. The lowest BCUT2D eigenvalue weighted by molar-refractivity contribution is -0.129. The van der Waals surface area contributed by atoms with Gasteiger partial charge in [-0.05, 0) is 55.4 Å². The molecule has 176 valence electrons. The molecule has 7 nitrogen and oxygen atoms in total. The summed E-state index contributed by atoms with van der Waals surface area (Å²) in [4.78, 5) is 40.4. The maximum absolute atomic E-state index is 13.7. The number of anilines is 1. The Balaban J connectivity index is 1.61. The lowest BCUT2D eigenvalue weighted by Crippen LogP contribution is -2.55. The first kappa shape index (κ1) is 23.2. The highest BCUT2D eigenvalue weighted by Crippen LogP contribution is 2.32. The van der Waals surface area contributed by atoms with Crippen LogP contribution in [0.15, 0.2) is 41.3 Å². The van der Waals surface area contributed by atoms with Gasteiger partial charge in [0.2, 0.25) is 11.8 Å². The third-order valence-electron chi connectivity index (χ3n) is 6.71. The standard InChI is InChI=1S/C25H31FN4O3/c1-16(27)24(32)28-23(18-5-3-2-4-6-18)25(33)30-12-11-19-13-22(31)29(15-21(19)30)14-17-7-9-20(26)10-8-17/h7-10,13,15-16,18,23H,2-6,11-12,14,27H2,1H3,(H,28,32)/t16-,23-/m0/s1. The number of hydrogen-bond acceptors (Lipinski definition) is 4. The number of halogens is 1. The molecule has 1 aliphatic carbocycles. The number of hydrogen-bond donors (Lipinski definition) is 2. The molecule has 1 fully saturated rings. The normalized spacial score (nSPS) is 18.0. The Bertz CT molecular complexity index is 1070. The van der Waals surface area contributed by atoms with Crippen LogP contribution in [0.5, 0.6) is 0 Å². The van der Waals surface area contributed by atoms with Crippen molar-refractivity contribution in [3.05, 3.63) is 63.8 Å². The van der Waals surface area contributed by atoms with E-state index in [0.717, 1.165) is 43.2 Å². The van der Waals surface area contributed by atoms with Crippen LogP contribution in [0.1, 0.15) is 50.2 Å². The minimum Gasteiger partial charge on any atom is -0.343 e. The lowest BCUT2D eigenvalue weighted by atomic mass is 9.83. The Morgan fingerprint density at radius 2 is 1.88 bits per heavy atom. The van der Waals surface area contributed by atoms with Crippen molar-refractivity contribution in [2.45, 2.75) is 64.1 Å². The molecule has 0 spiro atoms. The van der Waals surface area contributed by atoms with E-state index >= 15 is 0 Å². The van der Waals surface area contributed by atoms with Gasteiger partial charge < -0.3 is 20.5 Å². The van der Waals surface area contributed by atoms with E-state index in [9.17, 15) is 18.8 Å². The Kier molecular flexibility index (Phi) is 6.93. The van der Waals surface area contributed by atoms with Crippen molar-refractivity contribution in [1.29, 1.82) is 0 Å². The molecule has 2 heterocycles. The largest absolute Gasteiger partial charge is 0.343 e. The highest BCUT2D eigenvalue weighted by molar-refractivity contribution is 6.01. The van der Waals surface area contributed by atoms with E-state index in [1.165, 1.54) is 16.7 Å². The second-order valence-electron chi connectivity index (χ2n) is 9.19. The molecule has 3 N–H and O–H groups in total. The van der Waals surface area contributed by atoms with E-state index in [1.54, 1.807) is 36.2 Å². The van der Waals surface area contributed by atoms with Crippen LogP contribution in [0.2, 0.25) is 0 Å². The number of nitrogens with one attached hydrogen (secondary N) is 1. The topological polar surface area (TPSA) is 97.4 Å². The number of benzene rings is 1. The van der Waals surface area contributed by atoms with Gasteiger partial charge in [0, 0.05) is 18.8 Å². The van der Waals surface area contributed by atoms with Crippen molar-refractivity contribution in [2.75, 3.05) is 11.4 Å². The highest BCUT2D eigenvalue weighted by atomic mass is 19.1.